The Morgan fingerprint density at radius 2 is 1.88 bits per heavy atom. The van der Waals surface area contributed by atoms with Crippen molar-refractivity contribution < 1.29 is 27.1 Å². The van der Waals surface area contributed by atoms with Gasteiger partial charge in [0.25, 0.3) is 5.92 Å². The number of fused-ring (bicyclic) bond motifs is 2. The van der Waals surface area contributed by atoms with Gasteiger partial charge in [-0.15, -0.1) is 11.3 Å². The third-order valence-electron chi connectivity index (χ3n) is 10.9. The molecule has 4 aliphatic heterocycles. The number of nitrogens with zero attached hydrogens (tertiary/aromatic N) is 7. The fourth-order valence-corrected chi connectivity index (χ4v) is 9.62. The van der Waals surface area contributed by atoms with Crippen molar-refractivity contribution in [2.75, 3.05) is 63.5 Å². The minimum Gasteiger partial charge on any atom is -0.459 e. The van der Waals surface area contributed by atoms with Gasteiger partial charge in [-0.25, -0.2) is 22.4 Å². The van der Waals surface area contributed by atoms with E-state index < -0.39 is 30.6 Å². The lowest BCUT2D eigenvalue weighted by molar-refractivity contribution is -0.120. The first-order valence-corrected chi connectivity index (χ1v) is 18.1. The number of aromatic nitrogens is 2. The van der Waals surface area contributed by atoms with Crippen LogP contribution in [0.3, 0.4) is 0 Å². The van der Waals surface area contributed by atoms with E-state index in [9.17, 15) is 23.2 Å². The number of anilines is 2. The smallest absolute Gasteiger partial charge is 0.320 e. The second-order valence-corrected chi connectivity index (χ2v) is 15.9. The van der Waals surface area contributed by atoms with Crippen LogP contribution in [-0.4, -0.2) is 102 Å². The lowest BCUT2D eigenvalue weighted by atomic mass is 9.73. The van der Waals surface area contributed by atoms with E-state index in [1.165, 1.54) is 17.0 Å². The highest BCUT2D eigenvalue weighted by Crippen LogP contribution is 2.47. The number of hydrogen-bond acceptors (Lipinski definition) is 9. The molecule has 10 nitrogen and oxygen atoms in total. The Kier molecular flexibility index (Phi) is 8.15. The monoisotopic (exact) mass is 742 g/mol. The molecule has 51 heavy (non-hydrogen) atoms. The highest BCUT2D eigenvalue weighted by atomic mass is 35.5. The molecule has 2 aromatic heterocycles. The standard InChI is InChI=1S/C35H35ClF4N8O2S/c1-18(24-5-3-9-45(24)2)50-32-43-28-20(11-22(36)26(27(28)38)19-6-7-23(37)29-25(19)21(12-41)30(42)51-29)31(44-32)46-10-4-8-34(13-46)14-47(15-34)33(49)48-16-35(39,40)17-48/h6-7,11,18,24H,3-5,8-10,13-17,42H2,1-2H3/t18-,24?/m0/s1. The number of carbonyl (C=O) groups is 1. The number of thiophene rings is 1. The first kappa shape index (κ1) is 34.0. The number of benzene rings is 2. The molecule has 0 aliphatic carbocycles. The van der Waals surface area contributed by atoms with Gasteiger partial charge in [0.15, 0.2) is 5.82 Å². The number of halogens is 5. The van der Waals surface area contributed by atoms with Crippen LogP contribution in [0.2, 0.25) is 5.02 Å². The van der Waals surface area contributed by atoms with Crippen LogP contribution >= 0.6 is 22.9 Å². The molecule has 4 aromatic rings. The van der Waals surface area contributed by atoms with E-state index in [4.69, 9.17) is 27.1 Å². The topological polar surface area (TPSA) is 115 Å². The number of piperidine rings is 1. The number of nitrogen functional groups attached to an aromatic ring is 1. The van der Waals surface area contributed by atoms with E-state index in [2.05, 4.69) is 9.88 Å². The molecule has 6 heterocycles. The van der Waals surface area contributed by atoms with Crippen LogP contribution in [0.25, 0.3) is 32.1 Å². The van der Waals surface area contributed by atoms with Gasteiger partial charge in [-0.1, -0.05) is 17.7 Å². The van der Waals surface area contributed by atoms with E-state index in [1.807, 2.05) is 24.9 Å². The van der Waals surface area contributed by atoms with E-state index in [0.29, 0.717) is 37.4 Å². The largest absolute Gasteiger partial charge is 0.459 e. The molecule has 1 unspecified atom stereocenters. The van der Waals surface area contributed by atoms with Gasteiger partial charge in [-0.05, 0) is 63.9 Å². The molecule has 2 N–H and O–H groups in total. The van der Waals surface area contributed by atoms with E-state index in [-0.39, 0.29) is 71.9 Å². The molecule has 2 aromatic carbocycles. The summed E-state index contributed by atoms with van der Waals surface area (Å²) < 4.78 is 65.4. The van der Waals surface area contributed by atoms with Gasteiger partial charge >= 0.3 is 12.0 Å². The van der Waals surface area contributed by atoms with Gasteiger partial charge in [0.05, 0.1) is 28.4 Å². The summed E-state index contributed by atoms with van der Waals surface area (Å²) in [5.41, 5.74) is 5.92. The van der Waals surface area contributed by atoms with Crippen molar-refractivity contribution in [1.29, 1.82) is 5.26 Å². The molecular weight excluding hydrogens is 708 g/mol. The number of alkyl halides is 2. The molecule has 1 spiro atoms. The third-order valence-corrected chi connectivity index (χ3v) is 12.2. The fraction of sp³-hybridized carbons (Fsp3) is 0.486. The Labute approximate surface area is 300 Å². The zero-order chi connectivity index (χ0) is 36.0. The van der Waals surface area contributed by atoms with Crippen molar-refractivity contribution in [3.63, 3.8) is 0 Å². The quantitative estimate of drug-likeness (QED) is 0.224. The van der Waals surface area contributed by atoms with Gasteiger partial charge in [0, 0.05) is 54.0 Å². The van der Waals surface area contributed by atoms with Crippen molar-refractivity contribution >= 4 is 60.8 Å². The van der Waals surface area contributed by atoms with Crippen molar-refractivity contribution in [2.24, 2.45) is 5.41 Å². The minimum absolute atomic E-state index is 0.0111. The van der Waals surface area contributed by atoms with E-state index in [1.54, 1.807) is 11.0 Å². The highest BCUT2D eigenvalue weighted by molar-refractivity contribution is 7.23. The minimum atomic E-state index is -2.84. The Morgan fingerprint density at radius 1 is 1.14 bits per heavy atom. The molecular formula is C35H35ClF4N8O2S. The van der Waals surface area contributed by atoms with Gasteiger partial charge < -0.3 is 25.2 Å². The molecule has 0 saturated carbocycles. The zero-order valence-corrected chi connectivity index (χ0v) is 29.6. The number of carbonyl (C=O) groups excluding carboxylic acids is 1. The predicted molar refractivity (Wildman–Crippen MR) is 188 cm³/mol. The maximum absolute atomic E-state index is 17.1. The van der Waals surface area contributed by atoms with Crippen LogP contribution in [0.15, 0.2) is 18.2 Å². The van der Waals surface area contributed by atoms with Crippen molar-refractivity contribution in [3.8, 4) is 23.2 Å². The first-order valence-electron chi connectivity index (χ1n) is 16.9. The van der Waals surface area contributed by atoms with Gasteiger partial charge in [-0.3, -0.25) is 4.90 Å². The summed E-state index contributed by atoms with van der Waals surface area (Å²) in [5, 5.41) is 10.5. The molecule has 268 valence electrons. The molecule has 0 radical (unpaired) electrons. The van der Waals surface area contributed by atoms with Crippen LogP contribution in [0.1, 0.15) is 38.2 Å². The Hall–Kier alpha value is -4.13. The van der Waals surface area contributed by atoms with Crippen molar-refractivity contribution in [3.05, 3.63) is 40.4 Å². The number of likely N-dealkylation sites (tertiary alicyclic amines) is 3. The summed E-state index contributed by atoms with van der Waals surface area (Å²) in [4.78, 5) is 29.3. The van der Waals surface area contributed by atoms with Gasteiger partial charge in [0.2, 0.25) is 0 Å². The SMILES string of the molecule is C[C@H](Oc1nc(N2CCCC3(CN(C(=O)N4CC(F)(F)C4)C3)C2)c2cc(Cl)c(-c3ccc(F)c4sc(N)c(C#N)c34)c(F)c2n1)C1CCCN1C. The second-order valence-electron chi connectivity index (χ2n) is 14.4. The van der Waals surface area contributed by atoms with Gasteiger partial charge in [-0.2, -0.15) is 15.2 Å². The van der Waals surface area contributed by atoms with Crippen LogP contribution in [0.5, 0.6) is 6.01 Å². The summed E-state index contributed by atoms with van der Waals surface area (Å²) in [7, 11) is 2.03. The molecule has 4 saturated heterocycles. The number of nitrogens with two attached hydrogens (primary N) is 1. The first-order chi connectivity index (χ1) is 24.3. The van der Waals surface area contributed by atoms with Gasteiger partial charge in [0.1, 0.15) is 34.3 Å². The molecule has 16 heteroatoms. The number of ether oxygens (including phenoxy) is 1. The molecule has 4 fully saturated rings. The van der Waals surface area contributed by atoms with E-state index in [0.717, 1.165) is 43.6 Å². The molecule has 2 amide bonds. The number of amides is 2. The molecule has 0 bridgehead atoms. The lowest BCUT2D eigenvalue weighted by Crippen LogP contribution is -2.69. The summed E-state index contributed by atoms with van der Waals surface area (Å²) in [6.07, 6.45) is 3.22. The Balaban J connectivity index is 1.20. The summed E-state index contributed by atoms with van der Waals surface area (Å²) in [6.45, 7) is 3.62. The predicted octanol–water partition coefficient (Wildman–Crippen LogP) is 6.73. The Bertz CT molecular complexity index is 2130. The van der Waals surface area contributed by atoms with Crippen LogP contribution in [0.4, 0.5) is 33.2 Å². The summed E-state index contributed by atoms with van der Waals surface area (Å²) in [6, 6.07) is 5.91. The van der Waals surface area contributed by atoms with Crippen molar-refractivity contribution in [1.82, 2.24) is 24.7 Å². The maximum atomic E-state index is 17.1. The van der Waals surface area contributed by atoms with Crippen LogP contribution in [-0.2, 0) is 0 Å². The molecule has 2 atom stereocenters. The third kappa shape index (κ3) is 5.66. The molecule has 8 rings (SSSR count). The normalized spacial score (nSPS) is 21.9. The second kappa shape index (κ2) is 12.2. The number of nitriles is 1. The maximum Gasteiger partial charge on any atom is 0.320 e. The summed E-state index contributed by atoms with van der Waals surface area (Å²) in [5.74, 6) is -3.79. The zero-order valence-electron chi connectivity index (χ0n) is 28.0. The van der Waals surface area contributed by atoms with Crippen molar-refractivity contribution in [2.45, 2.75) is 50.7 Å². The fourth-order valence-electron chi connectivity index (χ4n) is 8.38. The van der Waals surface area contributed by atoms with E-state index >= 15 is 4.39 Å². The molecule has 4 aliphatic rings. The van der Waals surface area contributed by atoms with Crippen LogP contribution in [0, 0.1) is 28.4 Å². The van der Waals surface area contributed by atoms with Crippen LogP contribution < -0.4 is 15.4 Å². The number of urea groups is 1. The number of hydrogen-bond donors (Lipinski definition) is 1. The summed E-state index contributed by atoms with van der Waals surface area (Å²) >= 11 is 7.79. The number of likely N-dealkylation sites (N-methyl/N-ethyl adjacent to an activating group) is 1. The average molecular weight is 743 g/mol. The lowest BCUT2D eigenvalue weighted by Gasteiger charge is -2.56. The number of rotatable bonds is 5. The highest BCUT2D eigenvalue weighted by Gasteiger charge is 2.53. The average Bonchev–Trinajstić information content (AvgIpc) is 3.65. The Morgan fingerprint density at radius 3 is 2.57 bits per heavy atom.